The molecule has 0 bridgehead atoms. The van der Waals surface area contributed by atoms with Crippen LogP contribution in [-0.4, -0.2) is 16.0 Å². The number of hydrogen-bond donors (Lipinski definition) is 2. The fourth-order valence-corrected chi connectivity index (χ4v) is 2.85. The molecule has 1 amide bonds. The van der Waals surface area contributed by atoms with Crippen molar-refractivity contribution in [1.29, 1.82) is 0 Å². The van der Waals surface area contributed by atoms with Gasteiger partial charge in [-0.1, -0.05) is 24.1 Å². The Hall–Kier alpha value is -2.08. The van der Waals surface area contributed by atoms with Gasteiger partial charge in [0.1, 0.15) is 5.54 Å². The van der Waals surface area contributed by atoms with Gasteiger partial charge in [0, 0.05) is 18.2 Å². The summed E-state index contributed by atoms with van der Waals surface area (Å²) in [7, 11) is 0. The predicted molar refractivity (Wildman–Crippen MR) is 84.7 cm³/mol. The third kappa shape index (κ3) is 3.06. The molecule has 1 fully saturated rings. The Morgan fingerprint density at radius 1 is 1.36 bits per heavy atom. The molecule has 22 heavy (non-hydrogen) atoms. The number of carbonyl (C=O) groups excluding carboxylic acids is 1. The van der Waals surface area contributed by atoms with Crippen molar-refractivity contribution in [1.82, 2.24) is 15.5 Å². The molecule has 1 aromatic heterocycles. The van der Waals surface area contributed by atoms with Crippen molar-refractivity contribution in [2.75, 3.05) is 5.73 Å². The Bertz CT molecular complexity index is 665. The van der Waals surface area contributed by atoms with E-state index in [-0.39, 0.29) is 18.3 Å². The van der Waals surface area contributed by atoms with Crippen molar-refractivity contribution in [2.24, 2.45) is 0 Å². The number of aromatic nitrogens is 2. The highest BCUT2D eigenvalue weighted by Crippen LogP contribution is 2.37. The molecule has 1 aliphatic carbocycles. The topological polar surface area (TPSA) is 94.0 Å². The zero-order valence-corrected chi connectivity index (χ0v) is 13.2. The van der Waals surface area contributed by atoms with Gasteiger partial charge in [-0.3, -0.25) is 4.79 Å². The monoisotopic (exact) mass is 322 g/mol. The van der Waals surface area contributed by atoms with E-state index in [0.29, 0.717) is 23.0 Å². The lowest BCUT2D eigenvalue weighted by Crippen LogP contribution is -2.44. The second kappa shape index (κ2) is 6.36. The minimum Gasteiger partial charge on any atom is -0.399 e. The fourth-order valence-electron chi connectivity index (χ4n) is 2.85. The summed E-state index contributed by atoms with van der Waals surface area (Å²) in [4.78, 5) is 16.8. The number of amides is 1. The first-order valence-electron chi connectivity index (χ1n) is 7.08. The maximum atomic E-state index is 12.5. The van der Waals surface area contributed by atoms with Crippen LogP contribution in [-0.2, 0) is 5.54 Å². The number of aryl methyl sites for hydroxylation is 1. The Labute approximate surface area is 134 Å². The molecule has 6 nitrogen and oxygen atoms in total. The molecule has 1 aliphatic rings. The summed E-state index contributed by atoms with van der Waals surface area (Å²) in [6.45, 7) is 1.75. The highest BCUT2D eigenvalue weighted by Gasteiger charge is 2.41. The summed E-state index contributed by atoms with van der Waals surface area (Å²) in [5.41, 5.74) is 6.32. The average Bonchev–Trinajstić information content (AvgIpc) is 3.09. The van der Waals surface area contributed by atoms with Crippen molar-refractivity contribution >= 4 is 24.0 Å². The van der Waals surface area contributed by atoms with E-state index in [1.54, 1.807) is 31.2 Å². The molecule has 118 valence electrons. The Morgan fingerprint density at radius 3 is 2.68 bits per heavy atom. The average molecular weight is 323 g/mol. The van der Waals surface area contributed by atoms with Gasteiger partial charge in [-0.05, 0) is 31.0 Å². The van der Waals surface area contributed by atoms with Crippen LogP contribution in [0.4, 0.5) is 5.69 Å². The van der Waals surface area contributed by atoms with E-state index in [9.17, 15) is 4.79 Å². The lowest BCUT2D eigenvalue weighted by Gasteiger charge is -2.26. The van der Waals surface area contributed by atoms with Crippen LogP contribution in [0.25, 0.3) is 0 Å². The lowest BCUT2D eigenvalue weighted by atomic mass is 9.96. The summed E-state index contributed by atoms with van der Waals surface area (Å²) >= 11 is 0. The molecule has 1 saturated carbocycles. The largest absolute Gasteiger partial charge is 0.399 e. The van der Waals surface area contributed by atoms with Crippen LogP contribution in [0, 0.1) is 6.92 Å². The molecule has 0 unspecified atom stereocenters. The maximum Gasteiger partial charge on any atom is 0.252 e. The molecule has 0 radical (unpaired) electrons. The van der Waals surface area contributed by atoms with Gasteiger partial charge in [0.15, 0.2) is 5.82 Å². The second-order valence-corrected chi connectivity index (χ2v) is 5.51. The zero-order chi connectivity index (χ0) is 14.9. The third-order valence-electron chi connectivity index (χ3n) is 3.91. The molecule has 1 aromatic carbocycles. The van der Waals surface area contributed by atoms with Gasteiger partial charge in [-0.25, -0.2) is 0 Å². The first-order chi connectivity index (χ1) is 10.1. The van der Waals surface area contributed by atoms with Crippen LogP contribution in [0.1, 0.15) is 47.8 Å². The molecule has 1 heterocycles. The van der Waals surface area contributed by atoms with Crippen molar-refractivity contribution in [3.8, 4) is 0 Å². The highest BCUT2D eigenvalue weighted by molar-refractivity contribution is 5.95. The van der Waals surface area contributed by atoms with Gasteiger partial charge in [-0.2, -0.15) is 4.98 Å². The number of anilines is 1. The molecule has 0 atom stereocenters. The molecule has 3 N–H and O–H groups in total. The highest BCUT2D eigenvalue weighted by atomic mass is 35.5. The molecule has 7 heteroatoms. The van der Waals surface area contributed by atoms with E-state index in [1.165, 1.54) is 0 Å². The minimum absolute atomic E-state index is 0. The first kappa shape index (κ1) is 16.3. The molecular formula is C15H19ClN4O2. The van der Waals surface area contributed by atoms with Crippen LogP contribution in [0.5, 0.6) is 0 Å². The number of benzene rings is 1. The number of nitrogens with zero attached hydrogens (tertiary/aromatic N) is 2. The van der Waals surface area contributed by atoms with Gasteiger partial charge in [0.25, 0.3) is 5.91 Å². The first-order valence-corrected chi connectivity index (χ1v) is 7.08. The molecule has 2 aromatic rings. The van der Waals surface area contributed by atoms with Gasteiger partial charge in [-0.15, -0.1) is 12.4 Å². The van der Waals surface area contributed by atoms with Crippen molar-refractivity contribution in [3.05, 3.63) is 41.5 Å². The number of rotatable bonds is 3. The van der Waals surface area contributed by atoms with Crippen LogP contribution in [0.2, 0.25) is 0 Å². The van der Waals surface area contributed by atoms with Gasteiger partial charge in [0.05, 0.1) is 0 Å². The van der Waals surface area contributed by atoms with E-state index >= 15 is 0 Å². The Morgan fingerprint density at radius 2 is 2.09 bits per heavy atom. The van der Waals surface area contributed by atoms with Crippen LogP contribution < -0.4 is 11.1 Å². The van der Waals surface area contributed by atoms with Gasteiger partial charge in [0.2, 0.25) is 5.89 Å². The second-order valence-electron chi connectivity index (χ2n) is 5.51. The number of nitrogens with two attached hydrogens (primary N) is 1. The van der Waals surface area contributed by atoms with Crippen molar-refractivity contribution < 1.29 is 9.32 Å². The maximum absolute atomic E-state index is 12.5. The number of carbonyl (C=O) groups is 1. The third-order valence-corrected chi connectivity index (χ3v) is 3.91. The smallest absolute Gasteiger partial charge is 0.252 e. The van der Waals surface area contributed by atoms with E-state index in [1.807, 2.05) is 0 Å². The number of nitrogens with one attached hydrogen (secondary N) is 1. The molecule has 0 saturated heterocycles. The minimum atomic E-state index is -0.528. The molecule has 0 spiro atoms. The molecular weight excluding hydrogens is 304 g/mol. The van der Waals surface area contributed by atoms with E-state index in [2.05, 4.69) is 15.5 Å². The van der Waals surface area contributed by atoms with Crippen LogP contribution >= 0.6 is 12.4 Å². The summed E-state index contributed by atoms with van der Waals surface area (Å²) in [6.07, 6.45) is 3.70. The van der Waals surface area contributed by atoms with Gasteiger partial charge < -0.3 is 15.6 Å². The fraction of sp³-hybridized carbons (Fsp3) is 0.400. The number of nitrogen functional groups attached to an aromatic ring is 1. The number of halogens is 1. The normalized spacial score (nSPS) is 16.0. The van der Waals surface area contributed by atoms with E-state index in [0.717, 1.165) is 25.7 Å². The van der Waals surface area contributed by atoms with E-state index in [4.69, 9.17) is 10.3 Å². The molecule has 3 rings (SSSR count). The van der Waals surface area contributed by atoms with Gasteiger partial charge >= 0.3 is 0 Å². The Balaban J connectivity index is 0.00000176. The summed E-state index contributed by atoms with van der Waals surface area (Å²) in [6, 6.07) is 6.93. The summed E-state index contributed by atoms with van der Waals surface area (Å²) in [5.74, 6) is 0.913. The van der Waals surface area contributed by atoms with Crippen molar-refractivity contribution in [3.63, 3.8) is 0 Å². The molecule has 0 aliphatic heterocycles. The standard InChI is InChI=1S/C15H18N4O2.ClH/c1-10-17-14(19-21-10)15(7-2-3-8-15)18-13(20)11-5-4-6-12(16)9-11;/h4-6,9H,2-3,7-8,16H2,1H3,(H,18,20);1H. The van der Waals surface area contributed by atoms with E-state index < -0.39 is 5.54 Å². The summed E-state index contributed by atoms with van der Waals surface area (Å²) in [5, 5.41) is 7.09. The van der Waals surface area contributed by atoms with Crippen molar-refractivity contribution in [2.45, 2.75) is 38.1 Å². The predicted octanol–water partition coefficient (Wildman–Crippen LogP) is 2.58. The quantitative estimate of drug-likeness (QED) is 0.847. The summed E-state index contributed by atoms with van der Waals surface area (Å²) < 4.78 is 5.08. The lowest BCUT2D eigenvalue weighted by molar-refractivity contribution is 0.0892. The zero-order valence-electron chi connectivity index (χ0n) is 12.3. The Kier molecular flexibility index (Phi) is 4.71. The number of hydrogen-bond acceptors (Lipinski definition) is 5. The van der Waals surface area contributed by atoms with Crippen LogP contribution in [0.15, 0.2) is 28.8 Å². The van der Waals surface area contributed by atoms with Crippen LogP contribution in [0.3, 0.4) is 0 Å². The SMILES string of the molecule is Cc1nc(C2(NC(=O)c3cccc(N)c3)CCCC2)no1.Cl.